The lowest BCUT2D eigenvalue weighted by molar-refractivity contribution is -0.384. The zero-order valence-electron chi connectivity index (χ0n) is 20.2. The highest BCUT2D eigenvalue weighted by Gasteiger charge is 2.33. The van der Waals surface area contributed by atoms with Crippen molar-refractivity contribution in [1.29, 1.82) is 0 Å². The number of nitro groups is 1. The fraction of sp³-hybridized carbons (Fsp3) is 0.185. The molecule has 0 saturated carbocycles. The number of hydrogen-bond donors (Lipinski definition) is 1. The van der Waals surface area contributed by atoms with E-state index in [2.05, 4.69) is 5.32 Å². The Kier molecular flexibility index (Phi) is 7.74. The van der Waals surface area contributed by atoms with Gasteiger partial charge in [0.2, 0.25) is 0 Å². The molecule has 3 amide bonds. The van der Waals surface area contributed by atoms with Crippen LogP contribution in [-0.4, -0.2) is 28.4 Å². The quantitative estimate of drug-likeness (QED) is 0.169. The molecule has 9 nitrogen and oxygen atoms in total. The van der Waals surface area contributed by atoms with Crippen molar-refractivity contribution in [3.63, 3.8) is 0 Å². The molecule has 1 saturated heterocycles. The minimum Gasteiger partial charge on any atom is -0.490 e. The maximum atomic E-state index is 12.9. The van der Waals surface area contributed by atoms with E-state index in [4.69, 9.17) is 21.1 Å². The maximum absolute atomic E-state index is 12.9. The molecule has 1 heterocycles. The van der Waals surface area contributed by atoms with Crippen LogP contribution in [0.3, 0.4) is 0 Å². The number of ether oxygens (including phenoxy) is 2. The number of non-ortho nitro benzene ring substituents is 1. The molecule has 0 radical (unpaired) electrons. The fourth-order valence-electron chi connectivity index (χ4n) is 3.86. The van der Waals surface area contributed by atoms with E-state index in [9.17, 15) is 19.7 Å². The summed E-state index contributed by atoms with van der Waals surface area (Å²) in [5.41, 5.74) is 3.06. The number of hydrogen-bond acceptors (Lipinski definition) is 6. The van der Waals surface area contributed by atoms with Crippen LogP contribution >= 0.6 is 11.6 Å². The third-order valence-corrected chi connectivity index (χ3v) is 5.81. The van der Waals surface area contributed by atoms with Gasteiger partial charge in [-0.15, -0.1) is 0 Å². The summed E-state index contributed by atoms with van der Waals surface area (Å²) >= 11 is 6.49. The highest BCUT2D eigenvalue weighted by molar-refractivity contribution is 6.32. The van der Waals surface area contributed by atoms with Crippen molar-refractivity contribution in [1.82, 2.24) is 10.2 Å². The average molecular weight is 522 g/mol. The number of benzene rings is 3. The van der Waals surface area contributed by atoms with Gasteiger partial charge >= 0.3 is 6.03 Å². The molecule has 10 heteroatoms. The number of nitrogens with one attached hydrogen (secondary N) is 1. The van der Waals surface area contributed by atoms with Gasteiger partial charge in [-0.3, -0.25) is 19.8 Å². The van der Waals surface area contributed by atoms with E-state index in [0.717, 1.165) is 16.0 Å². The SMILES string of the molecule is CCOc1cc(/C=C2/NC(=O)N(Cc3cccc(C)c3)C2=O)cc(Cl)c1OCc1cccc([N+](=O)[O-])c1. The van der Waals surface area contributed by atoms with Crippen LogP contribution in [0.25, 0.3) is 6.08 Å². The third-order valence-electron chi connectivity index (χ3n) is 5.53. The monoisotopic (exact) mass is 521 g/mol. The Morgan fingerprint density at radius 2 is 1.81 bits per heavy atom. The van der Waals surface area contributed by atoms with E-state index in [1.54, 1.807) is 31.2 Å². The second-order valence-corrected chi connectivity index (χ2v) is 8.75. The van der Waals surface area contributed by atoms with Crippen molar-refractivity contribution in [2.24, 2.45) is 0 Å². The number of halogens is 1. The number of rotatable bonds is 9. The molecule has 1 aliphatic heterocycles. The first-order chi connectivity index (χ1) is 17.7. The first kappa shape index (κ1) is 25.7. The summed E-state index contributed by atoms with van der Waals surface area (Å²) in [6, 6.07) is 16.4. The molecule has 3 aromatic rings. The molecule has 0 spiro atoms. The number of amides is 3. The average Bonchev–Trinajstić information content (AvgIpc) is 3.11. The molecule has 0 aromatic heterocycles. The number of urea groups is 1. The van der Waals surface area contributed by atoms with E-state index < -0.39 is 16.9 Å². The minimum absolute atomic E-state index is 0.0321. The van der Waals surface area contributed by atoms with Gasteiger partial charge in [0.15, 0.2) is 11.5 Å². The molecule has 0 bridgehead atoms. The van der Waals surface area contributed by atoms with Gasteiger partial charge < -0.3 is 14.8 Å². The number of nitrogens with zero attached hydrogens (tertiary/aromatic N) is 2. The highest BCUT2D eigenvalue weighted by Crippen LogP contribution is 2.38. The van der Waals surface area contributed by atoms with Crippen LogP contribution in [0.2, 0.25) is 5.02 Å². The Labute approximate surface area is 218 Å². The smallest absolute Gasteiger partial charge is 0.329 e. The molecular weight excluding hydrogens is 498 g/mol. The van der Waals surface area contributed by atoms with Crippen LogP contribution in [-0.2, 0) is 17.9 Å². The second kappa shape index (κ2) is 11.1. The molecule has 0 aliphatic carbocycles. The molecule has 190 valence electrons. The van der Waals surface area contributed by atoms with E-state index in [-0.39, 0.29) is 35.3 Å². The first-order valence-corrected chi connectivity index (χ1v) is 11.9. The second-order valence-electron chi connectivity index (χ2n) is 8.35. The van der Waals surface area contributed by atoms with Gasteiger partial charge in [0.05, 0.1) is 23.1 Å². The van der Waals surface area contributed by atoms with Gasteiger partial charge in [-0.25, -0.2) is 4.79 Å². The molecule has 0 atom stereocenters. The number of imide groups is 1. The lowest BCUT2D eigenvalue weighted by atomic mass is 10.1. The maximum Gasteiger partial charge on any atom is 0.329 e. The molecule has 4 rings (SSSR count). The summed E-state index contributed by atoms with van der Waals surface area (Å²) in [4.78, 5) is 37.1. The molecule has 1 N–H and O–H groups in total. The predicted octanol–water partition coefficient (Wildman–Crippen LogP) is 5.63. The van der Waals surface area contributed by atoms with Gasteiger partial charge in [0.1, 0.15) is 12.3 Å². The summed E-state index contributed by atoms with van der Waals surface area (Å²) in [5, 5.41) is 13.9. The van der Waals surface area contributed by atoms with Crippen molar-refractivity contribution in [2.45, 2.75) is 27.0 Å². The highest BCUT2D eigenvalue weighted by atomic mass is 35.5. The summed E-state index contributed by atoms with van der Waals surface area (Å²) in [6.07, 6.45) is 1.52. The van der Waals surface area contributed by atoms with Gasteiger partial charge in [-0.05, 0) is 48.7 Å². The Hall–Kier alpha value is -4.37. The third kappa shape index (κ3) is 6.07. The van der Waals surface area contributed by atoms with Crippen LogP contribution in [0.4, 0.5) is 10.5 Å². The minimum atomic E-state index is -0.509. The lowest BCUT2D eigenvalue weighted by Crippen LogP contribution is -2.30. The topological polar surface area (TPSA) is 111 Å². The largest absolute Gasteiger partial charge is 0.490 e. The standard InChI is InChI=1S/C27H24ClN3O6/c1-3-36-24-14-20(12-22(28)25(24)37-16-19-8-5-9-21(11-19)31(34)35)13-23-26(32)30(27(33)29-23)15-18-7-4-6-17(2)10-18/h4-14H,3,15-16H2,1-2H3,(H,29,33)/b23-13+. The molecular formula is C27H24ClN3O6. The molecule has 37 heavy (non-hydrogen) atoms. The summed E-state index contributed by atoms with van der Waals surface area (Å²) in [5.74, 6) is 0.146. The summed E-state index contributed by atoms with van der Waals surface area (Å²) in [6.45, 7) is 4.25. The van der Waals surface area contributed by atoms with Crippen LogP contribution in [0.1, 0.15) is 29.2 Å². The van der Waals surface area contributed by atoms with Crippen molar-refractivity contribution < 1.29 is 24.0 Å². The van der Waals surface area contributed by atoms with Crippen molar-refractivity contribution in [2.75, 3.05) is 6.61 Å². The number of carbonyl (C=O) groups is 2. The zero-order chi connectivity index (χ0) is 26.5. The normalized spacial score (nSPS) is 14.1. The van der Waals surface area contributed by atoms with E-state index in [1.807, 2.05) is 31.2 Å². The van der Waals surface area contributed by atoms with Crippen molar-refractivity contribution in [3.05, 3.63) is 104 Å². The van der Waals surface area contributed by atoms with Gasteiger partial charge in [0.25, 0.3) is 11.6 Å². The van der Waals surface area contributed by atoms with Crippen LogP contribution in [0.5, 0.6) is 11.5 Å². The Bertz CT molecular complexity index is 1400. The predicted molar refractivity (Wildman–Crippen MR) is 138 cm³/mol. The number of aryl methyl sites for hydroxylation is 1. The fourth-order valence-corrected chi connectivity index (χ4v) is 4.14. The molecule has 3 aromatic carbocycles. The molecule has 1 fully saturated rings. The Morgan fingerprint density at radius 1 is 1.05 bits per heavy atom. The zero-order valence-corrected chi connectivity index (χ0v) is 20.9. The van der Waals surface area contributed by atoms with E-state index >= 15 is 0 Å². The number of carbonyl (C=O) groups excluding carboxylic acids is 2. The Balaban J connectivity index is 1.55. The van der Waals surface area contributed by atoms with Gasteiger partial charge in [0, 0.05) is 12.1 Å². The summed E-state index contributed by atoms with van der Waals surface area (Å²) in [7, 11) is 0. The van der Waals surface area contributed by atoms with Crippen LogP contribution in [0.15, 0.2) is 66.4 Å². The van der Waals surface area contributed by atoms with Crippen molar-refractivity contribution >= 4 is 35.3 Å². The van der Waals surface area contributed by atoms with Gasteiger partial charge in [-0.1, -0.05) is 53.6 Å². The van der Waals surface area contributed by atoms with E-state index in [0.29, 0.717) is 23.5 Å². The van der Waals surface area contributed by atoms with Crippen molar-refractivity contribution in [3.8, 4) is 11.5 Å². The number of nitro benzene ring substituents is 1. The molecule has 1 aliphatic rings. The van der Waals surface area contributed by atoms with Crippen LogP contribution in [0, 0.1) is 17.0 Å². The summed E-state index contributed by atoms with van der Waals surface area (Å²) < 4.78 is 11.6. The first-order valence-electron chi connectivity index (χ1n) is 11.5. The van der Waals surface area contributed by atoms with E-state index in [1.165, 1.54) is 18.2 Å². The van der Waals surface area contributed by atoms with Crippen LogP contribution < -0.4 is 14.8 Å². The molecule has 0 unspecified atom stereocenters. The Morgan fingerprint density at radius 3 is 2.54 bits per heavy atom. The lowest BCUT2D eigenvalue weighted by Gasteiger charge is -2.15. The van der Waals surface area contributed by atoms with Gasteiger partial charge in [-0.2, -0.15) is 0 Å².